The molecule has 5 nitrogen and oxygen atoms in total. The van der Waals surface area contributed by atoms with Crippen molar-refractivity contribution in [2.75, 3.05) is 0 Å². The highest BCUT2D eigenvalue weighted by Gasteiger charge is 2.63. The summed E-state index contributed by atoms with van der Waals surface area (Å²) in [5.41, 5.74) is 2.00. The second-order valence-electron chi connectivity index (χ2n) is 18.0. The van der Waals surface area contributed by atoms with E-state index in [1.165, 1.54) is 35.4 Å². The molecule has 0 unspecified atom stereocenters. The van der Waals surface area contributed by atoms with E-state index in [0.717, 1.165) is 60.2 Å². The third-order valence-electron chi connectivity index (χ3n) is 15.5. The Bertz CT molecular complexity index is 2120. The van der Waals surface area contributed by atoms with Crippen LogP contribution in [-0.4, -0.2) is 29.3 Å². The molecule has 4 aliphatic carbocycles. The van der Waals surface area contributed by atoms with Crippen LogP contribution in [0.4, 0.5) is 0 Å². The lowest BCUT2D eigenvalue weighted by Crippen LogP contribution is -2.58. The molecule has 0 bridgehead atoms. The number of hydrogen-bond donors (Lipinski definition) is 1. The van der Waals surface area contributed by atoms with Gasteiger partial charge in [-0.1, -0.05) is 99.6 Å². The van der Waals surface area contributed by atoms with E-state index in [1.54, 1.807) is 0 Å². The SMILES string of the molecule is C[C@H](CCC(=O)OCc1ccccc1)[C@H]1CC[C@H]2[C@@H]3[C@H](O)C[C@@H]4C[C@H](OC(=O)c5ccc6ccc7cccc8ccc5c6c78)CC[C@]4(C)[C@H]3CC[C@]12C. The van der Waals surface area contributed by atoms with Crippen LogP contribution in [0.1, 0.15) is 101 Å². The van der Waals surface area contributed by atoms with E-state index >= 15 is 0 Å². The molecule has 0 aromatic heterocycles. The number of fused-ring (bicyclic) bond motifs is 5. The molecule has 4 fully saturated rings. The molecule has 4 aliphatic rings. The van der Waals surface area contributed by atoms with Crippen molar-refractivity contribution in [3.63, 3.8) is 0 Å². The normalized spacial score (nSPS) is 32.9. The summed E-state index contributed by atoms with van der Waals surface area (Å²) in [5.74, 6) is 2.32. The van der Waals surface area contributed by atoms with Crippen molar-refractivity contribution in [3.05, 3.63) is 96.1 Å². The number of rotatable bonds is 8. The van der Waals surface area contributed by atoms with Crippen LogP contribution in [0.15, 0.2) is 84.9 Å². The second-order valence-corrected chi connectivity index (χ2v) is 18.0. The van der Waals surface area contributed by atoms with Crippen LogP contribution in [0.5, 0.6) is 0 Å². The lowest BCUT2D eigenvalue weighted by atomic mass is 9.43. The molecule has 5 aromatic rings. The topological polar surface area (TPSA) is 72.8 Å². The largest absolute Gasteiger partial charge is 0.461 e. The van der Waals surface area contributed by atoms with Crippen LogP contribution in [-0.2, 0) is 20.9 Å². The van der Waals surface area contributed by atoms with E-state index in [1.807, 2.05) is 36.4 Å². The fourth-order valence-corrected chi connectivity index (χ4v) is 12.8. The average molecular weight is 711 g/mol. The van der Waals surface area contributed by atoms with Gasteiger partial charge < -0.3 is 14.6 Å². The van der Waals surface area contributed by atoms with Crippen molar-refractivity contribution < 1.29 is 24.2 Å². The van der Waals surface area contributed by atoms with Crippen LogP contribution in [0.2, 0.25) is 0 Å². The van der Waals surface area contributed by atoms with Gasteiger partial charge in [0, 0.05) is 6.42 Å². The van der Waals surface area contributed by atoms with Gasteiger partial charge in [-0.05, 0) is 148 Å². The van der Waals surface area contributed by atoms with E-state index in [0.29, 0.717) is 54.1 Å². The van der Waals surface area contributed by atoms with E-state index in [9.17, 15) is 14.7 Å². The molecule has 0 heterocycles. The molecular weight excluding hydrogens is 657 g/mol. The molecule has 9 rings (SSSR count). The summed E-state index contributed by atoms with van der Waals surface area (Å²) >= 11 is 0. The zero-order valence-corrected chi connectivity index (χ0v) is 31.6. The minimum atomic E-state index is -0.322. The molecule has 0 radical (unpaired) electrons. The van der Waals surface area contributed by atoms with Gasteiger partial charge in [-0.25, -0.2) is 4.79 Å². The molecule has 0 aliphatic heterocycles. The average Bonchev–Trinajstić information content (AvgIpc) is 3.53. The fraction of sp³-hybridized carbons (Fsp3) is 0.500. The van der Waals surface area contributed by atoms with Gasteiger partial charge in [0.2, 0.25) is 0 Å². The first-order chi connectivity index (χ1) is 25.6. The summed E-state index contributed by atoms with van der Waals surface area (Å²) < 4.78 is 12.0. The fourth-order valence-electron chi connectivity index (χ4n) is 12.8. The monoisotopic (exact) mass is 710 g/mol. The Morgan fingerprint density at radius 1 is 0.774 bits per heavy atom. The van der Waals surface area contributed by atoms with Crippen molar-refractivity contribution in [1.82, 2.24) is 0 Å². The minimum Gasteiger partial charge on any atom is -0.461 e. The highest BCUT2D eigenvalue weighted by atomic mass is 16.5. The van der Waals surface area contributed by atoms with Crippen LogP contribution < -0.4 is 0 Å². The van der Waals surface area contributed by atoms with Gasteiger partial charge in [0.25, 0.3) is 0 Å². The number of carbonyl (C=O) groups excluding carboxylic acids is 2. The molecule has 5 heteroatoms. The Morgan fingerprint density at radius 3 is 2.26 bits per heavy atom. The molecule has 4 saturated carbocycles. The maximum absolute atomic E-state index is 13.9. The molecule has 10 atom stereocenters. The van der Waals surface area contributed by atoms with Crippen molar-refractivity contribution in [2.24, 2.45) is 46.3 Å². The van der Waals surface area contributed by atoms with E-state index in [2.05, 4.69) is 69.3 Å². The number of aliphatic hydroxyl groups is 1. The summed E-state index contributed by atoms with van der Waals surface area (Å²) in [6.45, 7) is 7.68. The van der Waals surface area contributed by atoms with Crippen LogP contribution in [0, 0.1) is 46.3 Å². The van der Waals surface area contributed by atoms with Gasteiger partial charge in [-0.2, -0.15) is 0 Å². The Kier molecular flexibility index (Phi) is 8.80. The zero-order chi connectivity index (χ0) is 36.5. The molecule has 0 spiro atoms. The summed E-state index contributed by atoms with van der Waals surface area (Å²) in [7, 11) is 0. The summed E-state index contributed by atoms with van der Waals surface area (Å²) in [6.07, 6.45) is 9.09. The number of hydrogen-bond acceptors (Lipinski definition) is 5. The van der Waals surface area contributed by atoms with Crippen molar-refractivity contribution in [1.29, 1.82) is 0 Å². The Labute approximate surface area is 313 Å². The zero-order valence-electron chi connectivity index (χ0n) is 31.6. The van der Waals surface area contributed by atoms with Crippen molar-refractivity contribution >= 4 is 44.3 Å². The first kappa shape index (κ1) is 34.8. The van der Waals surface area contributed by atoms with Gasteiger partial charge in [-0.3, -0.25) is 4.79 Å². The minimum absolute atomic E-state index is 0.108. The molecule has 5 aromatic carbocycles. The number of aliphatic hydroxyl groups excluding tert-OH is 1. The molecule has 0 amide bonds. The van der Waals surface area contributed by atoms with E-state index < -0.39 is 0 Å². The third-order valence-corrected chi connectivity index (χ3v) is 15.5. The Hall–Kier alpha value is -3.96. The van der Waals surface area contributed by atoms with Crippen LogP contribution in [0.3, 0.4) is 0 Å². The van der Waals surface area contributed by atoms with E-state index in [4.69, 9.17) is 9.47 Å². The number of carbonyl (C=O) groups is 2. The molecule has 53 heavy (non-hydrogen) atoms. The van der Waals surface area contributed by atoms with Gasteiger partial charge in [0.15, 0.2) is 0 Å². The maximum Gasteiger partial charge on any atom is 0.339 e. The summed E-state index contributed by atoms with van der Waals surface area (Å²) in [6, 6.07) is 28.8. The number of ether oxygens (including phenoxy) is 2. The summed E-state index contributed by atoms with van der Waals surface area (Å²) in [4.78, 5) is 26.6. The first-order valence-corrected chi connectivity index (χ1v) is 20.4. The Balaban J connectivity index is 0.855. The quantitative estimate of drug-likeness (QED) is 0.128. The van der Waals surface area contributed by atoms with Gasteiger partial charge in [0.05, 0.1) is 11.7 Å². The Morgan fingerprint density at radius 2 is 1.47 bits per heavy atom. The lowest BCUT2D eigenvalue weighted by Gasteiger charge is -2.62. The first-order valence-electron chi connectivity index (χ1n) is 20.4. The molecule has 1 N–H and O–H groups in total. The van der Waals surface area contributed by atoms with Crippen molar-refractivity contribution in [2.45, 2.75) is 104 Å². The maximum atomic E-state index is 13.9. The van der Waals surface area contributed by atoms with Gasteiger partial charge in [-0.15, -0.1) is 0 Å². The second kappa shape index (κ2) is 13.4. The summed E-state index contributed by atoms with van der Waals surface area (Å²) in [5, 5.41) is 18.8. The molecule has 0 saturated heterocycles. The van der Waals surface area contributed by atoms with Gasteiger partial charge >= 0.3 is 11.9 Å². The standard InChI is InChI=1S/C48H54O5/c1-29(12-21-42(50)52-28-30-8-5-4-6-9-30)38-19-20-39-45-40(23-25-48(38,39)3)47(2)24-22-35(26-34(47)27-41(45)49)53-46(51)37-18-16-33-14-13-31-10-7-11-32-15-17-36(37)44(33)43(31)32/h4-11,13-18,29,34-35,38-41,45,49H,12,19-28H2,1-3H3/t29-,34+,35-,38-,39+,40+,41-,45+,47+,48-/m1/s1. The number of esters is 2. The lowest BCUT2D eigenvalue weighted by molar-refractivity contribution is -0.174. The predicted octanol–water partition coefficient (Wildman–Crippen LogP) is 10.9. The predicted molar refractivity (Wildman–Crippen MR) is 211 cm³/mol. The highest BCUT2D eigenvalue weighted by molar-refractivity contribution is 6.26. The van der Waals surface area contributed by atoms with Crippen molar-refractivity contribution in [3.8, 4) is 0 Å². The van der Waals surface area contributed by atoms with Crippen LogP contribution in [0.25, 0.3) is 32.3 Å². The van der Waals surface area contributed by atoms with Crippen LogP contribution >= 0.6 is 0 Å². The third kappa shape index (κ3) is 5.84. The molecule has 276 valence electrons. The number of benzene rings is 5. The molecular formula is C48H54O5. The van der Waals surface area contributed by atoms with E-state index in [-0.39, 0.29) is 35.0 Å². The highest BCUT2D eigenvalue weighted by Crippen LogP contribution is 2.68. The smallest absolute Gasteiger partial charge is 0.339 e. The van der Waals surface area contributed by atoms with Gasteiger partial charge in [0.1, 0.15) is 12.7 Å².